The lowest BCUT2D eigenvalue weighted by Gasteiger charge is -2.06. The molecule has 2 aromatic rings. The number of benzene rings is 2. The highest BCUT2D eigenvalue weighted by Gasteiger charge is 2.09. The van der Waals surface area contributed by atoms with Crippen molar-refractivity contribution in [1.29, 1.82) is 0 Å². The molecule has 0 N–H and O–H groups in total. The van der Waals surface area contributed by atoms with Gasteiger partial charge >= 0.3 is 0 Å². The fourth-order valence-corrected chi connectivity index (χ4v) is 1.69. The molecular weight excluding hydrogens is 219 g/mol. The number of hydrogen-bond donors (Lipinski definition) is 0. The lowest BCUT2D eigenvalue weighted by molar-refractivity contribution is 0.111. The summed E-state index contributed by atoms with van der Waals surface area (Å²) in [5.41, 5.74) is 1.64. The summed E-state index contributed by atoms with van der Waals surface area (Å²) in [5, 5.41) is 0. The molecule has 0 radical (unpaired) electrons. The third kappa shape index (κ3) is 2.13. The average molecular weight is 228 g/mol. The molecule has 0 bridgehead atoms. The van der Waals surface area contributed by atoms with Gasteiger partial charge in [0.1, 0.15) is 12.1 Å². The summed E-state index contributed by atoms with van der Waals surface area (Å²) in [7, 11) is 0. The highest BCUT2D eigenvalue weighted by atomic mass is 19.1. The molecular formula is C14H9FO2. The van der Waals surface area contributed by atoms with Crippen LogP contribution in [0.5, 0.6) is 0 Å². The number of carbonyl (C=O) groups is 2. The fraction of sp³-hybridized carbons (Fsp3) is 0. The largest absolute Gasteiger partial charge is 0.298 e. The first kappa shape index (κ1) is 11.2. The van der Waals surface area contributed by atoms with Crippen LogP contribution in [0.1, 0.15) is 20.7 Å². The van der Waals surface area contributed by atoms with E-state index in [0.29, 0.717) is 29.3 Å². The monoisotopic (exact) mass is 228 g/mol. The summed E-state index contributed by atoms with van der Waals surface area (Å²) < 4.78 is 13.4. The molecule has 0 amide bonds. The minimum Gasteiger partial charge on any atom is -0.298 e. The summed E-state index contributed by atoms with van der Waals surface area (Å²) in [4.78, 5) is 21.5. The van der Waals surface area contributed by atoms with Gasteiger partial charge in [0.15, 0.2) is 6.29 Å². The highest BCUT2D eigenvalue weighted by Crippen LogP contribution is 2.24. The Morgan fingerprint density at radius 2 is 1.71 bits per heavy atom. The number of rotatable bonds is 3. The molecule has 17 heavy (non-hydrogen) atoms. The van der Waals surface area contributed by atoms with E-state index in [4.69, 9.17) is 0 Å². The second-order valence-corrected chi connectivity index (χ2v) is 3.56. The third-order valence-corrected chi connectivity index (χ3v) is 2.50. The van der Waals surface area contributed by atoms with Crippen molar-refractivity contribution in [2.24, 2.45) is 0 Å². The van der Waals surface area contributed by atoms with Gasteiger partial charge in [0.2, 0.25) is 0 Å². The molecule has 0 fully saturated rings. The van der Waals surface area contributed by atoms with Gasteiger partial charge in [-0.1, -0.05) is 30.3 Å². The molecule has 0 aliphatic carbocycles. The molecule has 84 valence electrons. The Balaban J connectivity index is 2.63. The van der Waals surface area contributed by atoms with Crippen LogP contribution in [0, 0.1) is 5.82 Å². The zero-order chi connectivity index (χ0) is 12.3. The van der Waals surface area contributed by atoms with Crippen LogP contribution in [0.3, 0.4) is 0 Å². The van der Waals surface area contributed by atoms with Gasteiger partial charge in [-0.3, -0.25) is 9.59 Å². The summed E-state index contributed by atoms with van der Waals surface area (Å²) in [6.45, 7) is 0. The van der Waals surface area contributed by atoms with Crippen molar-refractivity contribution in [3.05, 3.63) is 59.4 Å². The van der Waals surface area contributed by atoms with Crippen LogP contribution in [0.25, 0.3) is 11.1 Å². The first-order valence-electron chi connectivity index (χ1n) is 5.05. The average Bonchev–Trinajstić information content (AvgIpc) is 2.38. The smallest absolute Gasteiger partial charge is 0.153 e. The highest BCUT2D eigenvalue weighted by molar-refractivity contribution is 5.89. The Morgan fingerprint density at radius 3 is 2.41 bits per heavy atom. The van der Waals surface area contributed by atoms with Crippen LogP contribution in [-0.4, -0.2) is 12.6 Å². The van der Waals surface area contributed by atoms with Crippen LogP contribution in [-0.2, 0) is 0 Å². The molecule has 0 spiro atoms. The van der Waals surface area contributed by atoms with Crippen molar-refractivity contribution >= 4 is 12.6 Å². The molecule has 2 nitrogen and oxygen atoms in total. The number of carbonyl (C=O) groups excluding carboxylic acids is 2. The summed E-state index contributed by atoms with van der Waals surface area (Å²) in [6.07, 6.45) is 1.20. The Labute approximate surface area is 97.7 Å². The first-order chi connectivity index (χ1) is 8.26. The van der Waals surface area contributed by atoms with Gasteiger partial charge in [-0.05, 0) is 23.3 Å². The van der Waals surface area contributed by atoms with E-state index < -0.39 is 5.82 Å². The van der Waals surface area contributed by atoms with Gasteiger partial charge < -0.3 is 0 Å². The molecule has 2 aromatic carbocycles. The maximum Gasteiger partial charge on any atom is 0.153 e. The molecule has 0 atom stereocenters. The van der Waals surface area contributed by atoms with Crippen molar-refractivity contribution in [3.63, 3.8) is 0 Å². The zero-order valence-electron chi connectivity index (χ0n) is 8.89. The van der Waals surface area contributed by atoms with Crippen molar-refractivity contribution < 1.29 is 14.0 Å². The Hall–Kier alpha value is -2.29. The quantitative estimate of drug-likeness (QED) is 0.756. The predicted octanol–water partition coefficient (Wildman–Crippen LogP) is 3.12. The van der Waals surface area contributed by atoms with Gasteiger partial charge in [-0.15, -0.1) is 0 Å². The minimum atomic E-state index is -0.561. The molecule has 0 saturated carbocycles. The molecule has 2 rings (SSSR count). The lowest BCUT2D eigenvalue weighted by atomic mass is 9.98. The van der Waals surface area contributed by atoms with Gasteiger partial charge in [0.25, 0.3) is 0 Å². The van der Waals surface area contributed by atoms with E-state index in [1.165, 1.54) is 12.1 Å². The first-order valence-corrected chi connectivity index (χ1v) is 5.05. The van der Waals surface area contributed by atoms with Gasteiger partial charge in [-0.25, -0.2) is 4.39 Å². The zero-order valence-corrected chi connectivity index (χ0v) is 8.89. The molecule has 0 unspecified atom stereocenters. The molecule has 0 aliphatic rings. The van der Waals surface area contributed by atoms with Crippen molar-refractivity contribution in [2.75, 3.05) is 0 Å². The van der Waals surface area contributed by atoms with E-state index in [0.717, 1.165) is 0 Å². The van der Waals surface area contributed by atoms with Crippen molar-refractivity contribution in [2.45, 2.75) is 0 Å². The van der Waals surface area contributed by atoms with E-state index >= 15 is 0 Å². The van der Waals surface area contributed by atoms with Crippen LogP contribution in [0.4, 0.5) is 4.39 Å². The topological polar surface area (TPSA) is 34.1 Å². The summed E-state index contributed by atoms with van der Waals surface area (Å²) >= 11 is 0. The number of halogens is 1. The molecule has 0 saturated heterocycles. The standard InChI is InChI=1S/C14H9FO2/c15-14-6-2-5-12(13(14)9-17)11-4-1-3-10(7-11)8-16/h1-9H. The third-order valence-electron chi connectivity index (χ3n) is 2.50. The lowest BCUT2D eigenvalue weighted by Crippen LogP contribution is -1.93. The van der Waals surface area contributed by atoms with E-state index in [1.54, 1.807) is 30.3 Å². The normalized spacial score (nSPS) is 9.94. The molecule has 0 heterocycles. The van der Waals surface area contributed by atoms with E-state index in [2.05, 4.69) is 0 Å². The van der Waals surface area contributed by atoms with Crippen LogP contribution < -0.4 is 0 Å². The molecule has 0 aromatic heterocycles. The Kier molecular flexibility index (Phi) is 3.10. The van der Waals surface area contributed by atoms with Crippen molar-refractivity contribution in [3.8, 4) is 11.1 Å². The second kappa shape index (κ2) is 4.70. The van der Waals surface area contributed by atoms with Crippen LogP contribution in [0.2, 0.25) is 0 Å². The SMILES string of the molecule is O=Cc1cccc(-c2cccc(F)c2C=O)c1. The Bertz CT molecular complexity index is 576. The van der Waals surface area contributed by atoms with Gasteiger partial charge in [0.05, 0.1) is 5.56 Å². The van der Waals surface area contributed by atoms with Crippen LogP contribution in [0.15, 0.2) is 42.5 Å². The second-order valence-electron chi connectivity index (χ2n) is 3.56. The van der Waals surface area contributed by atoms with E-state index in [-0.39, 0.29) is 5.56 Å². The maximum atomic E-state index is 13.4. The summed E-state index contributed by atoms with van der Waals surface area (Å²) in [6, 6.07) is 11.1. The summed E-state index contributed by atoms with van der Waals surface area (Å²) in [5.74, 6) is -0.561. The minimum absolute atomic E-state index is 0.00977. The van der Waals surface area contributed by atoms with Gasteiger partial charge in [-0.2, -0.15) is 0 Å². The Morgan fingerprint density at radius 1 is 0.941 bits per heavy atom. The fourth-order valence-electron chi connectivity index (χ4n) is 1.69. The van der Waals surface area contributed by atoms with Gasteiger partial charge in [0, 0.05) is 5.56 Å². The molecule has 3 heteroatoms. The number of aldehydes is 2. The maximum absolute atomic E-state index is 13.4. The predicted molar refractivity (Wildman–Crippen MR) is 62.6 cm³/mol. The van der Waals surface area contributed by atoms with E-state index in [1.807, 2.05) is 0 Å². The number of hydrogen-bond acceptors (Lipinski definition) is 2. The van der Waals surface area contributed by atoms with Crippen molar-refractivity contribution in [1.82, 2.24) is 0 Å². The van der Waals surface area contributed by atoms with Crippen LogP contribution >= 0.6 is 0 Å². The molecule has 0 aliphatic heterocycles. The van der Waals surface area contributed by atoms with E-state index in [9.17, 15) is 14.0 Å².